The number of hydrogen-bond donors (Lipinski definition) is 1. The largest absolute Gasteiger partial charge is 0.454 e. The Labute approximate surface area is 114 Å². The van der Waals surface area contributed by atoms with Crippen LogP contribution in [0.15, 0.2) is 53.3 Å². The molecule has 0 spiro atoms. The molecule has 3 aromatic rings. The number of benzene rings is 2. The molecule has 1 aliphatic heterocycles. The van der Waals surface area contributed by atoms with Crippen LogP contribution >= 0.6 is 0 Å². The van der Waals surface area contributed by atoms with Crippen LogP contribution in [0.4, 0.5) is 0 Å². The van der Waals surface area contributed by atoms with Gasteiger partial charge in [0.2, 0.25) is 6.79 Å². The highest BCUT2D eigenvalue weighted by atomic mass is 16.7. The zero-order chi connectivity index (χ0) is 13.5. The van der Waals surface area contributed by atoms with E-state index in [1.165, 1.54) is 0 Å². The number of aromatic amines is 1. The summed E-state index contributed by atoms with van der Waals surface area (Å²) in [6, 6.07) is 15.0. The summed E-state index contributed by atoms with van der Waals surface area (Å²) in [7, 11) is 0. The third-order valence-corrected chi connectivity index (χ3v) is 3.42. The van der Waals surface area contributed by atoms with Crippen molar-refractivity contribution in [1.82, 2.24) is 4.98 Å². The molecule has 4 nitrogen and oxygen atoms in total. The number of rotatable bonds is 1. The van der Waals surface area contributed by atoms with Crippen molar-refractivity contribution < 1.29 is 9.47 Å². The molecule has 20 heavy (non-hydrogen) atoms. The lowest BCUT2D eigenvalue weighted by Gasteiger charge is -2.06. The Hall–Kier alpha value is -2.75. The van der Waals surface area contributed by atoms with Gasteiger partial charge in [0.1, 0.15) is 0 Å². The Kier molecular flexibility index (Phi) is 2.29. The van der Waals surface area contributed by atoms with Gasteiger partial charge in [0.15, 0.2) is 16.9 Å². The molecule has 0 saturated carbocycles. The van der Waals surface area contributed by atoms with Crippen molar-refractivity contribution >= 4 is 10.9 Å². The van der Waals surface area contributed by atoms with Gasteiger partial charge >= 0.3 is 0 Å². The van der Waals surface area contributed by atoms with Gasteiger partial charge in [-0.1, -0.05) is 30.3 Å². The van der Waals surface area contributed by atoms with Crippen molar-refractivity contribution in [3.63, 3.8) is 0 Å². The van der Waals surface area contributed by atoms with Gasteiger partial charge < -0.3 is 14.5 Å². The SMILES string of the molecule is O=c1cc(-c2ccccc2)[nH]c2ccc3c(c12)OCO3. The van der Waals surface area contributed by atoms with Crippen LogP contribution in [-0.2, 0) is 0 Å². The summed E-state index contributed by atoms with van der Waals surface area (Å²) in [6.07, 6.45) is 0. The fourth-order valence-corrected chi connectivity index (χ4v) is 2.48. The number of pyridine rings is 1. The molecule has 0 amide bonds. The van der Waals surface area contributed by atoms with E-state index in [1.54, 1.807) is 6.07 Å². The van der Waals surface area contributed by atoms with Crippen LogP contribution in [0.2, 0.25) is 0 Å². The fourth-order valence-electron chi connectivity index (χ4n) is 2.48. The van der Waals surface area contributed by atoms with Crippen LogP contribution in [0.5, 0.6) is 11.5 Å². The molecule has 0 atom stereocenters. The Morgan fingerprint density at radius 2 is 1.85 bits per heavy atom. The second-order valence-corrected chi connectivity index (χ2v) is 4.64. The van der Waals surface area contributed by atoms with Gasteiger partial charge in [-0.15, -0.1) is 0 Å². The third-order valence-electron chi connectivity index (χ3n) is 3.42. The average molecular weight is 265 g/mol. The van der Waals surface area contributed by atoms with Crippen LogP contribution in [0.1, 0.15) is 0 Å². The molecule has 4 heteroatoms. The van der Waals surface area contributed by atoms with Crippen molar-refractivity contribution in [1.29, 1.82) is 0 Å². The van der Waals surface area contributed by atoms with Crippen molar-refractivity contribution in [2.45, 2.75) is 0 Å². The van der Waals surface area contributed by atoms with E-state index in [-0.39, 0.29) is 12.2 Å². The topological polar surface area (TPSA) is 51.3 Å². The quantitative estimate of drug-likeness (QED) is 0.736. The maximum absolute atomic E-state index is 12.4. The zero-order valence-corrected chi connectivity index (χ0v) is 10.6. The van der Waals surface area contributed by atoms with Gasteiger partial charge in [-0.25, -0.2) is 0 Å². The summed E-state index contributed by atoms with van der Waals surface area (Å²) in [5.41, 5.74) is 2.45. The van der Waals surface area contributed by atoms with Gasteiger partial charge in [-0.05, 0) is 17.7 Å². The minimum Gasteiger partial charge on any atom is -0.454 e. The number of H-pyrrole nitrogens is 1. The molecule has 0 unspecified atom stereocenters. The first-order valence-electron chi connectivity index (χ1n) is 6.34. The summed E-state index contributed by atoms with van der Waals surface area (Å²) < 4.78 is 10.7. The van der Waals surface area contributed by atoms with Crippen LogP contribution in [0.25, 0.3) is 22.2 Å². The van der Waals surface area contributed by atoms with Crippen LogP contribution in [-0.4, -0.2) is 11.8 Å². The smallest absolute Gasteiger partial charge is 0.231 e. The van der Waals surface area contributed by atoms with E-state index in [0.717, 1.165) is 16.8 Å². The summed E-state index contributed by atoms with van der Waals surface area (Å²) in [5, 5.41) is 0.541. The van der Waals surface area contributed by atoms with E-state index in [4.69, 9.17) is 9.47 Å². The monoisotopic (exact) mass is 265 g/mol. The number of nitrogens with one attached hydrogen (secondary N) is 1. The molecule has 98 valence electrons. The highest BCUT2D eigenvalue weighted by Crippen LogP contribution is 2.37. The Morgan fingerprint density at radius 1 is 1.00 bits per heavy atom. The minimum absolute atomic E-state index is 0.0695. The molecular formula is C16H11NO3. The molecule has 0 fully saturated rings. The van der Waals surface area contributed by atoms with Crippen LogP contribution in [0.3, 0.4) is 0 Å². The van der Waals surface area contributed by atoms with Crippen molar-refractivity contribution in [2.75, 3.05) is 6.79 Å². The second-order valence-electron chi connectivity index (χ2n) is 4.64. The molecule has 1 N–H and O–H groups in total. The zero-order valence-electron chi connectivity index (χ0n) is 10.6. The second kappa shape index (κ2) is 4.13. The molecule has 0 radical (unpaired) electrons. The lowest BCUT2D eigenvalue weighted by Crippen LogP contribution is -2.04. The number of hydrogen-bond acceptors (Lipinski definition) is 3. The van der Waals surface area contributed by atoms with Crippen molar-refractivity contribution in [3.8, 4) is 22.8 Å². The van der Waals surface area contributed by atoms with Gasteiger partial charge in [0.25, 0.3) is 0 Å². The molecule has 0 saturated heterocycles. The van der Waals surface area contributed by atoms with Gasteiger partial charge in [0.05, 0.1) is 10.9 Å². The van der Waals surface area contributed by atoms with E-state index < -0.39 is 0 Å². The normalized spacial score (nSPS) is 12.8. The highest BCUT2D eigenvalue weighted by Gasteiger charge is 2.19. The molecule has 0 bridgehead atoms. The van der Waals surface area contributed by atoms with E-state index in [1.807, 2.05) is 42.5 Å². The summed E-state index contributed by atoms with van der Waals surface area (Å²) in [6.45, 7) is 0.161. The Bertz CT molecular complexity index is 853. The maximum atomic E-state index is 12.4. The molecule has 4 rings (SSSR count). The first kappa shape index (κ1) is 11.1. The molecule has 2 heterocycles. The summed E-state index contributed by atoms with van der Waals surface area (Å²) in [4.78, 5) is 15.7. The standard InChI is InChI=1S/C16H11NO3/c18-13-8-12(10-4-2-1-3-5-10)17-11-6-7-14-16(15(11)13)20-9-19-14/h1-8H,9H2,(H,17,18). The Balaban J connectivity index is 2.01. The van der Waals surface area contributed by atoms with Crippen LogP contribution < -0.4 is 14.9 Å². The van der Waals surface area contributed by atoms with E-state index in [2.05, 4.69) is 4.98 Å². The van der Waals surface area contributed by atoms with Crippen molar-refractivity contribution in [3.05, 3.63) is 58.8 Å². The minimum atomic E-state index is -0.0695. The lowest BCUT2D eigenvalue weighted by molar-refractivity contribution is 0.175. The lowest BCUT2D eigenvalue weighted by atomic mass is 10.1. The summed E-state index contributed by atoms with van der Waals surface area (Å²) >= 11 is 0. The van der Waals surface area contributed by atoms with Gasteiger partial charge in [-0.3, -0.25) is 4.79 Å². The number of aromatic nitrogens is 1. The molecule has 0 aliphatic carbocycles. The molecular weight excluding hydrogens is 254 g/mol. The van der Waals surface area contributed by atoms with E-state index >= 15 is 0 Å². The van der Waals surface area contributed by atoms with Crippen LogP contribution in [0, 0.1) is 0 Å². The van der Waals surface area contributed by atoms with Gasteiger partial charge in [0, 0.05) is 11.8 Å². The predicted molar refractivity (Wildman–Crippen MR) is 76.1 cm³/mol. The fraction of sp³-hybridized carbons (Fsp3) is 0.0625. The predicted octanol–water partition coefficient (Wildman–Crippen LogP) is 2.92. The molecule has 1 aliphatic rings. The maximum Gasteiger partial charge on any atom is 0.231 e. The molecule has 2 aromatic carbocycles. The number of fused-ring (bicyclic) bond motifs is 3. The number of ether oxygens (including phenoxy) is 2. The van der Waals surface area contributed by atoms with E-state index in [9.17, 15) is 4.79 Å². The average Bonchev–Trinajstić information content (AvgIpc) is 2.96. The first-order valence-corrected chi connectivity index (χ1v) is 6.34. The molecule has 1 aromatic heterocycles. The third kappa shape index (κ3) is 1.58. The summed E-state index contributed by atoms with van der Waals surface area (Å²) in [5.74, 6) is 1.15. The van der Waals surface area contributed by atoms with E-state index in [0.29, 0.717) is 16.9 Å². The van der Waals surface area contributed by atoms with Gasteiger partial charge in [-0.2, -0.15) is 0 Å². The Morgan fingerprint density at radius 3 is 2.70 bits per heavy atom. The first-order chi connectivity index (χ1) is 9.83. The van der Waals surface area contributed by atoms with Crippen molar-refractivity contribution in [2.24, 2.45) is 0 Å². The highest BCUT2D eigenvalue weighted by molar-refractivity contribution is 5.89.